The fraction of sp³-hybridized carbons (Fsp3) is 0.938. The molecule has 0 aliphatic carbocycles. The topological polar surface area (TPSA) is 39.1 Å². The molecule has 1 aliphatic heterocycles. The summed E-state index contributed by atoms with van der Waals surface area (Å²) in [5.74, 6) is 0.833. The molecule has 0 aromatic rings. The van der Waals surface area contributed by atoms with Gasteiger partial charge in [0, 0.05) is 12.6 Å². The van der Waals surface area contributed by atoms with Crippen molar-refractivity contribution in [2.45, 2.75) is 71.4 Å². The highest BCUT2D eigenvalue weighted by Crippen LogP contribution is 2.24. The van der Waals surface area contributed by atoms with E-state index < -0.39 is 0 Å². The molecule has 0 bridgehead atoms. The predicted molar refractivity (Wildman–Crippen MR) is 81.0 cm³/mol. The zero-order valence-corrected chi connectivity index (χ0v) is 13.2. The first kappa shape index (κ1) is 16.5. The number of nitrogens with one attached hydrogen (secondary N) is 1. The van der Waals surface area contributed by atoms with Gasteiger partial charge in [0.2, 0.25) is 0 Å². The molecular formula is C16H31N3. The molecule has 1 rings (SSSR count). The number of hydrogen-bond acceptors (Lipinski definition) is 3. The van der Waals surface area contributed by atoms with Crippen LogP contribution in [0.15, 0.2) is 0 Å². The van der Waals surface area contributed by atoms with E-state index in [1.807, 2.05) is 0 Å². The molecule has 1 N–H and O–H groups in total. The Morgan fingerprint density at radius 1 is 1.37 bits per heavy atom. The minimum atomic E-state index is -0.301. The zero-order valence-electron chi connectivity index (χ0n) is 13.2. The summed E-state index contributed by atoms with van der Waals surface area (Å²) in [7, 11) is 0. The first-order valence-corrected chi connectivity index (χ1v) is 7.97. The van der Waals surface area contributed by atoms with Crippen LogP contribution in [0.5, 0.6) is 0 Å². The van der Waals surface area contributed by atoms with Crippen molar-refractivity contribution in [3.8, 4) is 6.07 Å². The molecule has 0 aromatic carbocycles. The van der Waals surface area contributed by atoms with Crippen LogP contribution in [-0.4, -0.2) is 36.1 Å². The molecule has 110 valence electrons. The summed E-state index contributed by atoms with van der Waals surface area (Å²) in [4.78, 5) is 2.59. The maximum Gasteiger partial charge on any atom is 0.106 e. The summed E-state index contributed by atoms with van der Waals surface area (Å²) in [5, 5.41) is 12.9. The number of hydrogen-bond donors (Lipinski definition) is 1. The van der Waals surface area contributed by atoms with Crippen molar-refractivity contribution in [3.63, 3.8) is 0 Å². The smallest absolute Gasteiger partial charge is 0.106 e. The van der Waals surface area contributed by atoms with E-state index in [2.05, 4.69) is 44.0 Å². The summed E-state index contributed by atoms with van der Waals surface area (Å²) in [6.45, 7) is 12.3. The molecule has 3 atom stereocenters. The van der Waals surface area contributed by atoms with Crippen LogP contribution in [0.4, 0.5) is 0 Å². The van der Waals surface area contributed by atoms with Gasteiger partial charge in [-0.3, -0.25) is 5.32 Å². The molecule has 0 spiro atoms. The van der Waals surface area contributed by atoms with Crippen LogP contribution in [0.25, 0.3) is 0 Å². The van der Waals surface area contributed by atoms with E-state index >= 15 is 0 Å². The minimum Gasteiger partial charge on any atom is -0.300 e. The fourth-order valence-corrected chi connectivity index (χ4v) is 3.21. The van der Waals surface area contributed by atoms with Gasteiger partial charge >= 0.3 is 0 Å². The quantitative estimate of drug-likeness (QED) is 0.732. The maximum atomic E-state index is 9.46. The van der Waals surface area contributed by atoms with E-state index in [9.17, 15) is 5.26 Å². The molecule has 0 radical (unpaired) electrons. The van der Waals surface area contributed by atoms with E-state index in [-0.39, 0.29) is 5.54 Å². The molecule has 1 fully saturated rings. The summed E-state index contributed by atoms with van der Waals surface area (Å²) in [6, 6.07) is 3.23. The lowest BCUT2D eigenvalue weighted by atomic mass is 9.91. The Hall–Kier alpha value is -0.590. The number of nitrogens with zero attached hydrogens (tertiary/aromatic N) is 2. The van der Waals surface area contributed by atoms with Crippen molar-refractivity contribution in [2.75, 3.05) is 19.6 Å². The second-order valence-electron chi connectivity index (χ2n) is 6.26. The molecule has 19 heavy (non-hydrogen) atoms. The van der Waals surface area contributed by atoms with Gasteiger partial charge in [0.15, 0.2) is 0 Å². The molecular weight excluding hydrogens is 234 g/mol. The Kier molecular flexibility index (Phi) is 6.82. The van der Waals surface area contributed by atoms with Crippen LogP contribution in [0, 0.1) is 17.2 Å². The second kappa shape index (κ2) is 7.87. The largest absolute Gasteiger partial charge is 0.300 e. The van der Waals surface area contributed by atoms with Gasteiger partial charge in [-0.25, -0.2) is 0 Å². The van der Waals surface area contributed by atoms with Crippen LogP contribution in [0.3, 0.4) is 0 Å². The van der Waals surface area contributed by atoms with Crippen LogP contribution >= 0.6 is 0 Å². The molecule has 3 heteroatoms. The zero-order chi connectivity index (χ0) is 14.3. The standard InChI is InChI=1S/C16H31N3/c1-5-9-18-16(6-2,13-17)8-7-10-19-12-14(3)11-15(19)4/h14-15,18H,5-12H2,1-4H3. The Labute approximate surface area is 119 Å². The summed E-state index contributed by atoms with van der Waals surface area (Å²) >= 11 is 0. The van der Waals surface area contributed by atoms with Crippen LogP contribution in [-0.2, 0) is 0 Å². The van der Waals surface area contributed by atoms with E-state index in [1.165, 1.54) is 13.0 Å². The molecule has 3 unspecified atom stereocenters. The average Bonchev–Trinajstić information content (AvgIpc) is 2.72. The summed E-state index contributed by atoms with van der Waals surface area (Å²) in [5.41, 5.74) is -0.301. The van der Waals surface area contributed by atoms with Gasteiger partial charge in [0.1, 0.15) is 5.54 Å². The van der Waals surface area contributed by atoms with Crippen molar-refractivity contribution < 1.29 is 0 Å². The normalized spacial score (nSPS) is 27.1. The lowest BCUT2D eigenvalue weighted by Gasteiger charge is -2.28. The SMILES string of the molecule is CCCNC(C#N)(CC)CCCN1CC(C)CC1C. The van der Waals surface area contributed by atoms with Crippen LogP contribution < -0.4 is 5.32 Å². The third kappa shape index (κ3) is 4.78. The lowest BCUT2D eigenvalue weighted by molar-refractivity contribution is 0.245. The van der Waals surface area contributed by atoms with Crippen molar-refractivity contribution in [1.29, 1.82) is 5.26 Å². The first-order valence-electron chi connectivity index (χ1n) is 7.97. The fourth-order valence-electron chi connectivity index (χ4n) is 3.21. The molecule has 1 saturated heterocycles. The van der Waals surface area contributed by atoms with Crippen molar-refractivity contribution in [3.05, 3.63) is 0 Å². The highest BCUT2D eigenvalue weighted by Gasteiger charge is 2.29. The third-order valence-corrected chi connectivity index (χ3v) is 4.49. The Balaban J connectivity index is 2.38. The monoisotopic (exact) mass is 265 g/mol. The Bertz CT molecular complexity index is 297. The van der Waals surface area contributed by atoms with E-state index in [4.69, 9.17) is 0 Å². The van der Waals surface area contributed by atoms with Gasteiger partial charge in [0.05, 0.1) is 6.07 Å². The highest BCUT2D eigenvalue weighted by atomic mass is 15.2. The van der Waals surface area contributed by atoms with Gasteiger partial charge in [-0.2, -0.15) is 5.26 Å². The molecule has 1 aliphatic rings. The molecule has 0 saturated carbocycles. The lowest BCUT2D eigenvalue weighted by Crippen LogP contribution is -2.44. The van der Waals surface area contributed by atoms with Crippen molar-refractivity contribution in [2.24, 2.45) is 5.92 Å². The third-order valence-electron chi connectivity index (χ3n) is 4.49. The van der Waals surface area contributed by atoms with Gasteiger partial charge in [0.25, 0.3) is 0 Å². The van der Waals surface area contributed by atoms with Crippen molar-refractivity contribution >= 4 is 0 Å². The van der Waals surface area contributed by atoms with Gasteiger partial charge < -0.3 is 4.90 Å². The van der Waals surface area contributed by atoms with E-state index in [0.29, 0.717) is 0 Å². The summed E-state index contributed by atoms with van der Waals surface area (Å²) in [6.07, 6.45) is 5.40. The Morgan fingerprint density at radius 3 is 2.58 bits per heavy atom. The van der Waals surface area contributed by atoms with Crippen LogP contribution in [0.2, 0.25) is 0 Å². The van der Waals surface area contributed by atoms with Gasteiger partial charge in [-0.1, -0.05) is 20.8 Å². The van der Waals surface area contributed by atoms with Crippen molar-refractivity contribution in [1.82, 2.24) is 10.2 Å². The second-order valence-corrected chi connectivity index (χ2v) is 6.26. The molecule has 0 amide bonds. The van der Waals surface area contributed by atoms with E-state index in [0.717, 1.165) is 50.7 Å². The molecule has 3 nitrogen and oxygen atoms in total. The number of nitriles is 1. The number of rotatable bonds is 8. The predicted octanol–water partition coefficient (Wildman–Crippen LogP) is 3.17. The van der Waals surface area contributed by atoms with Crippen LogP contribution in [0.1, 0.15) is 59.8 Å². The number of likely N-dealkylation sites (tertiary alicyclic amines) is 1. The van der Waals surface area contributed by atoms with Gasteiger partial charge in [-0.15, -0.1) is 0 Å². The highest BCUT2D eigenvalue weighted by molar-refractivity contribution is 5.06. The Morgan fingerprint density at radius 2 is 2.11 bits per heavy atom. The summed E-state index contributed by atoms with van der Waals surface area (Å²) < 4.78 is 0. The maximum absolute atomic E-state index is 9.46. The first-order chi connectivity index (χ1) is 9.06. The van der Waals surface area contributed by atoms with E-state index in [1.54, 1.807) is 0 Å². The van der Waals surface area contributed by atoms with Gasteiger partial charge in [-0.05, 0) is 58.0 Å². The molecule has 0 aromatic heterocycles. The molecule has 1 heterocycles. The minimum absolute atomic E-state index is 0.301. The average molecular weight is 265 g/mol.